The molecule has 2 N–H and O–H groups in total. The Kier molecular flexibility index (Phi) is 17.4. The molecule has 0 aromatic carbocycles. The van der Waals surface area contributed by atoms with Gasteiger partial charge in [0.05, 0.1) is 48.0 Å². The van der Waals surface area contributed by atoms with Crippen LogP contribution >= 0.6 is 0 Å². The average Bonchev–Trinajstić information content (AvgIpc) is 3.47. The number of aldehydes is 1. The van der Waals surface area contributed by atoms with E-state index in [-0.39, 0.29) is 55.3 Å². The first kappa shape index (κ1) is 49.9. The van der Waals surface area contributed by atoms with Gasteiger partial charge in [-0.25, -0.2) is 0 Å². The van der Waals surface area contributed by atoms with E-state index in [4.69, 9.17) is 37.9 Å². The number of hydrogen-bond acceptors (Lipinski definition) is 15. The molecule has 4 aliphatic heterocycles. The van der Waals surface area contributed by atoms with Crippen molar-refractivity contribution in [3.63, 3.8) is 0 Å². The molecule has 0 aliphatic carbocycles. The summed E-state index contributed by atoms with van der Waals surface area (Å²) in [4.78, 5) is 42.7. The van der Waals surface area contributed by atoms with Crippen LogP contribution in [0.15, 0.2) is 0 Å². The van der Waals surface area contributed by atoms with E-state index in [1.165, 1.54) is 0 Å². The number of fused-ring (bicyclic) bond motifs is 1. The number of nitrogens with zero attached hydrogens (tertiary/aromatic N) is 2. The predicted molar refractivity (Wildman–Crippen MR) is 219 cm³/mol. The Morgan fingerprint density at radius 2 is 1.68 bits per heavy atom. The molecular formula is C44H78N2O13. The zero-order valence-electron chi connectivity index (χ0n) is 38.4. The number of hydrogen-bond donors (Lipinski definition) is 2. The van der Waals surface area contributed by atoms with Crippen molar-refractivity contribution in [2.75, 3.05) is 41.4 Å². The monoisotopic (exact) mass is 843 g/mol. The lowest BCUT2D eigenvalue weighted by Gasteiger charge is -2.49. The van der Waals surface area contributed by atoms with Crippen molar-refractivity contribution in [3.05, 3.63) is 0 Å². The zero-order chi connectivity index (χ0) is 44.2. The highest BCUT2D eigenvalue weighted by Gasteiger charge is 2.56. The second kappa shape index (κ2) is 20.6. The first-order chi connectivity index (χ1) is 27.5. The third-order valence-electron chi connectivity index (χ3n) is 13.9. The molecule has 342 valence electrons. The number of aliphatic hydroxyl groups excluding tert-OH is 1. The summed E-state index contributed by atoms with van der Waals surface area (Å²) < 4.78 is 51.4. The van der Waals surface area contributed by atoms with Crippen molar-refractivity contribution in [1.29, 1.82) is 0 Å². The molecule has 0 saturated carbocycles. The molecule has 0 aromatic rings. The van der Waals surface area contributed by atoms with Gasteiger partial charge in [-0.3, -0.25) is 9.59 Å². The second-order valence-corrected chi connectivity index (χ2v) is 19.1. The molecule has 15 heteroatoms. The van der Waals surface area contributed by atoms with Crippen molar-refractivity contribution in [3.8, 4) is 0 Å². The molecule has 18 atom stereocenters. The molecule has 4 fully saturated rings. The van der Waals surface area contributed by atoms with Crippen LogP contribution < -0.4 is 0 Å². The van der Waals surface area contributed by atoms with E-state index in [9.17, 15) is 24.6 Å². The Morgan fingerprint density at radius 1 is 1.00 bits per heavy atom. The summed E-state index contributed by atoms with van der Waals surface area (Å²) in [6, 6.07) is -0.399. The van der Waals surface area contributed by atoms with Crippen LogP contribution in [0.3, 0.4) is 0 Å². The van der Waals surface area contributed by atoms with Crippen LogP contribution in [0, 0.1) is 23.7 Å². The molecule has 0 bridgehead atoms. The zero-order valence-corrected chi connectivity index (χ0v) is 38.4. The van der Waals surface area contributed by atoms with Crippen LogP contribution in [0.5, 0.6) is 0 Å². The summed E-state index contributed by atoms with van der Waals surface area (Å²) in [5, 5.41) is 24.4. The number of carbonyl (C=O) groups is 3. The summed E-state index contributed by atoms with van der Waals surface area (Å²) in [6.45, 7) is 19.9. The predicted octanol–water partition coefficient (Wildman–Crippen LogP) is 4.11. The molecule has 59 heavy (non-hydrogen) atoms. The minimum absolute atomic E-state index is 0.0687. The minimum Gasteiger partial charge on any atom is -0.458 e. The number of carbonyl (C=O) groups excluding carboxylic acids is 3. The van der Waals surface area contributed by atoms with Crippen molar-refractivity contribution in [2.45, 2.75) is 198 Å². The van der Waals surface area contributed by atoms with E-state index in [0.717, 1.165) is 6.29 Å². The molecule has 0 amide bonds. The van der Waals surface area contributed by atoms with E-state index in [1.807, 2.05) is 67.6 Å². The number of rotatable bonds is 12. The van der Waals surface area contributed by atoms with Gasteiger partial charge in [0, 0.05) is 57.0 Å². The third kappa shape index (κ3) is 11.4. The van der Waals surface area contributed by atoms with E-state index in [0.29, 0.717) is 38.8 Å². The number of methoxy groups -OCH3 is 1. The quantitative estimate of drug-likeness (QED) is 0.163. The van der Waals surface area contributed by atoms with Gasteiger partial charge in [0.25, 0.3) is 0 Å². The van der Waals surface area contributed by atoms with Crippen LogP contribution in [0.1, 0.15) is 114 Å². The van der Waals surface area contributed by atoms with Crippen LogP contribution in [0.25, 0.3) is 0 Å². The molecule has 4 aliphatic rings. The summed E-state index contributed by atoms with van der Waals surface area (Å²) in [5.41, 5.74) is -3.48. The van der Waals surface area contributed by atoms with Gasteiger partial charge < -0.3 is 62.7 Å². The summed E-state index contributed by atoms with van der Waals surface area (Å²) >= 11 is 0. The fraction of sp³-hybridized carbons (Fsp3) is 0.932. The lowest BCUT2D eigenvalue weighted by Crippen LogP contribution is -2.61. The molecule has 0 spiro atoms. The fourth-order valence-electron chi connectivity index (χ4n) is 10.5. The lowest BCUT2D eigenvalue weighted by atomic mass is 9.77. The Hall–Kier alpha value is -1.79. The number of ether oxygens (including phenoxy) is 8. The Balaban J connectivity index is 1.80. The molecule has 0 radical (unpaired) electrons. The Labute approximate surface area is 353 Å². The maximum absolute atomic E-state index is 14.6. The highest BCUT2D eigenvalue weighted by molar-refractivity contribution is 5.75. The van der Waals surface area contributed by atoms with Gasteiger partial charge in [0.2, 0.25) is 0 Å². The molecule has 0 aromatic heterocycles. The molecule has 15 nitrogen and oxygen atoms in total. The highest BCUT2D eigenvalue weighted by Crippen LogP contribution is 2.44. The first-order valence-electron chi connectivity index (χ1n) is 21.9. The van der Waals surface area contributed by atoms with Gasteiger partial charge in [-0.05, 0) is 101 Å². The number of aliphatic hydroxyl groups is 2. The second-order valence-electron chi connectivity index (χ2n) is 19.1. The van der Waals surface area contributed by atoms with Gasteiger partial charge in [0.1, 0.15) is 24.6 Å². The average molecular weight is 843 g/mol. The maximum Gasteiger partial charge on any atom is 0.311 e. The molecule has 0 unspecified atom stereocenters. The molecule has 4 rings (SSSR count). The van der Waals surface area contributed by atoms with Crippen LogP contribution in [0.2, 0.25) is 0 Å². The van der Waals surface area contributed by atoms with Crippen LogP contribution in [0.4, 0.5) is 0 Å². The summed E-state index contributed by atoms with van der Waals surface area (Å²) in [7, 11) is 7.42. The number of unbranched alkanes of at least 4 members (excludes halogenated alkanes) is 1. The minimum atomic E-state index is -1.53. The van der Waals surface area contributed by atoms with Crippen molar-refractivity contribution in [1.82, 2.24) is 9.80 Å². The first-order valence-corrected chi connectivity index (χ1v) is 21.9. The van der Waals surface area contributed by atoms with E-state index < -0.39 is 83.8 Å². The molecule has 4 saturated heterocycles. The number of esters is 2. The van der Waals surface area contributed by atoms with Crippen LogP contribution in [-0.4, -0.2) is 164 Å². The fourth-order valence-corrected chi connectivity index (χ4v) is 10.5. The normalized spacial score (nSPS) is 45.9. The Morgan fingerprint density at radius 3 is 2.29 bits per heavy atom. The Bertz CT molecular complexity index is 1390. The third-order valence-corrected chi connectivity index (χ3v) is 13.9. The smallest absolute Gasteiger partial charge is 0.311 e. The molecule has 4 heterocycles. The lowest BCUT2D eigenvalue weighted by molar-refractivity contribution is -0.320. The van der Waals surface area contributed by atoms with E-state index >= 15 is 0 Å². The summed E-state index contributed by atoms with van der Waals surface area (Å²) in [6.07, 6.45) is -3.48. The van der Waals surface area contributed by atoms with Gasteiger partial charge in [0.15, 0.2) is 18.2 Å². The summed E-state index contributed by atoms with van der Waals surface area (Å²) in [5.74, 6) is -2.91. The van der Waals surface area contributed by atoms with Crippen molar-refractivity contribution in [2.24, 2.45) is 23.7 Å². The van der Waals surface area contributed by atoms with Gasteiger partial charge in [-0.2, -0.15) is 0 Å². The van der Waals surface area contributed by atoms with E-state index in [2.05, 4.69) is 18.7 Å². The van der Waals surface area contributed by atoms with Gasteiger partial charge >= 0.3 is 11.9 Å². The molecular weight excluding hydrogens is 764 g/mol. The highest BCUT2D eigenvalue weighted by atomic mass is 16.7. The van der Waals surface area contributed by atoms with Crippen molar-refractivity contribution < 1.29 is 62.5 Å². The topological polar surface area (TPSA) is 172 Å². The maximum atomic E-state index is 14.6. The van der Waals surface area contributed by atoms with E-state index in [1.54, 1.807) is 21.0 Å². The van der Waals surface area contributed by atoms with Crippen molar-refractivity contribution >= 4 is 18.2 Å². The van der Waals surface area contributed by atoms with Crippen LogP contribution in [-0.2, 0) is 52.3 Å². The largest absolute Gasteiger partial charge is 0.458 e. The standard InChI is InChI=1S/C44H78N2O13/c1-15-33-44(10)31(21-34(48)59-44)29(6)46(13)24-25(2)22-42(8,51)38(58-41-36(49)32(45(11)12)20-26(3)54-41)27(4)37(28(5)40(50)56-33)57-35-23-43(9,52-14)39(30(7)55-35)53-19-17-16-18-47/h18,25-33,35-39,41,49,51H,15-17,19-24H2,1-14H3/t25-,26-,27+,28-,29-,30+,31-,32+,33-,35+,36-,37+,38-,39+,41+,42-,43-,44+/m1/s1. The number of cyclic esters (lactones) is 1. The SMILES string of the molecule is CC[C@H]1OC(=O)[C@H](C)[C@@H](O[C@H]2C[C@@](C)(OC)[C@@H](OCCCC=O)[C@H](C)O2)[C@H](C)[C@@H](O[C@@H]2O[C@H](C)C[C@H](N(C)C)[C@H]2O)[C@](C)(O)C[C@@H](C)CN(C)[C@H](C)[C@H]2CC(=O)O[C@@]21C. The van der Waals surface area contributed by atoms with Gasteiger partial charge in [-0.15, -0.1) is 0 Å². The van der Waals surface area contributed by atoms with Gasteiger partial charge in [-0.1, -0.05) is 20.8 Å². The number of likely N-dealkylation sites (N-methyl/N-ethyl adjacent to an activating group) is 1.